The van der Waals surface area contributed by atoms with Crippen LogP contribution in [0.3, 0.4) is 0 Å². The molecule has 0 unspecified atom stereocenters. The van der Waals surface area contributed by atoms with Crippen molar-refractivity contribution in [2.24, 2.45) is 5.10 Å². The van der Waals surface area contributed by atoms with Gasteiger partial charge in [-0.3, -0.25) is 14.9 Å². The molecule has 4 aromatic rings. The van der Waals surface area contributed by atoms with Gasteiger partial charge in [0.1, 0.15) is 5.75 Å². The zero-order valence-corrected chi connectivity index (χ0v) is 19.2. The smallest absolute Gasteiger partial charge is 0.283 e. The minimum atomic E-state index is -0.473. The molecule has 0 saturated carbocycles. The molecule has 0 atom stereocenters. The van der Waals surface area contributed by atoms with Crippen molar-refractivity contribution in [2.45, 2.75) is 9.24 Å². The van der Waals surface area contributed by atoms with Crippen molar-refractivity contribution < 1.29 is 14.5 Å². The van der Waals surface area contributed by atoms with Crippen LogP contribution >= 0.6 is 34.7 Å². The number of nitrogens with zero attached hydrogens (tertiary/aromatic N) is 3. The molecule has 4 rings (SSSR count). The van der Waals surface area contributed by atoms with Gasteiger partial charge in [0.15, 0.2) is 10.9 Å². The van der Waals surface area contributed by atoms with E-state index in [0.29, 0.717) is 25.6 Å². The second-order valence-corrected chi connectivity index (χ2v) is 9.33. The summed E-state index contributed by atoms with van der Waals surface area (Å²) in [5.74, 6) is 0.0223. The first-order valence-electron chi connectivity index (χ1n) is 9.50. The van der Waals surface area contributed by atoms with Gasteiger partial charge in [-0.15, -0.1) is 11.3 Å². The fourth-order valence-electron chi connectivity index (χ4n) is 2.72. The Morgan fingerprint density at radius 2 is 2.00 bits per heavy atom. The Balaban J connectivity index is 1.39. The molecule has 11 heteroatoms. The number of rotatable bonds is 8. The predicted molar refractivity (Wildman–Crippen MR) is 130 cm³/mol. The summed E-state index contributed by atoms with van der Waals surface area (Å²) >= 11 is 8.51. The fraction of sp³-hybridized carbons (Fsp3) is 0.0455. The Labute approximate surface area is 201 Å². The molecule has 0 radical (unpaired) electrons. The number of hydrazone groups is 1. The Morgan fingerprint density at radius 1 is 1.21 bits per heavy atom. The first kappa shape index (κ1) is 22.7. The molecule has 3 aromatic carbocycles. The molecule has 1 heterocycles. The highest BCUT2D eigenvalue weighted by molar-refractivity contribution is 8.01. The third-order valence-electron chi connectivity index (χ3n) is 4.24. The maximum Gasteiger partial charge on any atom is 0.283 e. The average molecular weight is 499 g/mol. The molecule has 33 heavy (non-hydrogen) atoms. The summed E-state index contributed by atoms with van der Waals surface area (Å²) in [7, 11) is 0. The van der Waals surface area contributed by atoms with Gasteiger partial charge in [-0.05, 0) is 42.5 Å². The number of halogens is 1. The second-order valence-electron chi connectivity index (χ2n) is 6.57. The third kappa shape index (κ3) is 6.07. The predicted octanol–water partition coefficient (Wildman–Crippen LogP) is 5.54. The lowest BCUT2D eigenvalue weighted by atomic mass is 10.2. The van der Waals surface area contributed by atoms with Gasteiger partial charge in [0.25, 0.3) is 11.6 Å². The van der Waals surface area contributed by atoms with E-state index in [1.165, 1.54) is 35.4 Å². The molecule has 0 aliphatic carbocycles. The zero-order valence-electron chi connectivity index (χ0n) is 16.8. The maximum atomic E-state index is 11.9. The molecule has 0 spiro atoms. The highest BCUT2D eigenvalue weighted by Crippen LogP contribution is 2.38. The highest BCUT2D eigenvalue weighted by Gasteiger charge is 2.17. The van der Waals surface area contributed by atoms with E-state index < -0.39 is 10.8 Å². The lowest BCUT2D eigenvalue weighted by Gasteiger charge is -2.05. The molecule has 1 N–H and O–H groups in total. The summed E-state index contributed by atoms with van der Waals surface area (Å²) in [5.41, 5.74) is 3.58. The van der Waals surface area contributed by atoms with Crippen molar-refractivity contribution in [1.29, 1.82) is 0 Å². The van der Waals surface area contributed by atoms with Crippen LogP contribution < -0.4 is 10.2 Å². The van der Waals surface area contributed by atoms with E-state index >= 15 is 0 Å². The van der Waals surface area contributed by atoms with Gasteiger partial charge in [-0.25, -0.2) is 10.4 Å². The van der Waals surface area contributed by atoms with Crippen molar-refractivity contribution >= 4 is 62.7 Å². The molecule has 0 aliphatic heterocycles. The van der Waals surface area contributed by atoms with Crippen molar-refractivity contribution in [1.82, 2.24) is 10.4 Å². The number of aromatic nitrogens is 1. The molecule has 0 saturated heterocycles. The first-order chi connectivity index (χ1) is 16.0. The molecular weight excluding hydrogens is 484 g/mol. The summed E-state index contributed by atoms with van der Waals surface area (Å²) in [6.45, 7) is -0.239. The van der Waals surface area contributed by atoms with Crippen molar-refractivity contribution in [2.75, 3.05) is 6.61 Å². The number of hydrogen-bond donors (Lipinski definition) is 1. The van der Waals surface area contributed by atoms with Crippen LogP contribution in [-0.2, 0) is 4.79 Å². The van der Waals surface area contributed by atoms with Crippen molar-refractivity contribution in [3.63, 3.8) is 0 Å². The number of benzene rings is 3. The number of amides is 1. The fourth-order valence-corrected chi connectivity index (χ4v) is 4.96. The summed E-state index contributed by atoms with van der Waals surface area (Å²) in [5, 5.41) is 16.0. The number of fused-ring (bicyclic) bond motifs is 1. The summed E-state index contributed by atoms with van der Waals surface area (Å²) in [6.07, 6.45) is 1.33. The normalized spacial score (nSPS) is 11.1. The number of carbonyl (C=O) groups excluding carboxylic acids is 1. The molecular formula is C22H15ClN4O4S2. The Bertz CT molecular complexity index is 1310. The largest absolute Gasteiger partial charge is 0.484 e. The van der Waals surface area contributed by atoms with Gasteiger partial charge in [-0.2, -0.15) is 5.10 Å². The van der Waals surface area contributed by atoms with Crippen LogP contribution in [0.5, 0.6) is 5.75 Å². The number of ether oxygens (including phenoxy) is 1. The van der Waals surface area contributed by atoms with Gasteiger partial charge in [0, 0.05) is 16.7 Å². The number of hydrogen-bond acceptors (Lipinski definition) is 8. The summed E-state index contributed by atoms with van der Waals surface area (Å²) < 4.78 is 7.06. The van der Waals surface area contributed by atoms with E-state index in [-0.39, 0.29) is 12.3 Å². The quantitative estimate of drug-likeness (QED) is 0.194. The van der Waals surface area contributed by atoms with E-state index in [4.69, 9.17) is 16.3 Å². The standard InChI is InChI=1S/C22H15ClN4O4S2/c23-15-6-8-16(9-7-15)31-13-21(28)26-24-12-14-5-10-20(18(11-14)27(29)30)33-22-25-17-3-1-2-4-19(17)32-22/h1-12H,13H2,(H,26,28). The van der Waals surface area contributed by atoms with Crippen molar-refractivity contribution in [3.8, 4) is 5.75 Å². The summed E-state index contributed by atoms with van der Waals surface area (Å²) in [4.78, 5) is 28.0. The lowest BCUT2D eigenvalue weighted by molar-refractivity contribution is -0.387. The van der Waals surface area contributed by atoms with E-state index in [1.807, 2.05) is 24.3 Å². The molecule has 1 aromatic heterocycles. The van der Waals surface area contributed by atoms with Gasteiger partial charge in [-0.1, -0.05) is 41.6 Å². The third-order valence-corrected chi connectivity index (χ3v) is 6.65. The maximum absolute atomic E-state index is 11.9. The first-order valence-corrected chi connectivity index (χ1v) is 11.5. The molecule has 0 aliphatic rings. The number of nitrogens with one attached hydrogen (secondary N) is 1. The van der Waals surface area contributed by atoms with Crippen LogP contribution in [0.2, 0.25) is 5.02 Å². The van der Waals surface area contributed by atoms with Crippen molar-refractivity contribution in [3.05, 3.63) is 87.4 Å². The molecule has 1 amide bonds. The van der Waals surface area contributed by atoms with Crippen LogP contribution in [0, 0.1) is 10.1 Å². The number of nitro groups is 1. The average Bonchev–Trinajstić information content (AvgIpc) is 3.22. The Kier molecular flexibility index (Phi) is 7.18. The minimum absolute atomic E-state index is 0.0689. The molecule has 8 nitrogen and oxygen atoms in total. The number of para-hydroxylation sites is 1. The van der Waals surface area contributed by atoms with Crippen LogP contribution in [0.15, 0.2) is 81.1 Å². The molecule has 166 valence electrons. The van der Waals surface area contributed by atoms with Gasteiger partial charge in [0.2, 0.25) is 0 Å². The van der Waals surface area contributed by atoms with Crippen LogP contribution in [0.1, 0.15) is 5.56 Å². The van der Waals surface area contributed by atoms with Crippen LogP contribution in [0.25, 0.3) is 10.2 Å². The van der Waals surface area contributed by atoms with E-state index in [9.17, 15) is 14.9 Å². The van der Waals surface area contributed by atoms with Gasteiger partial charge >= 0.3 is 0 Å². The molecule has 0 fully saturated rings. The minimum Gasteiger partial charge on any atom is -0.484 e. The molecule has 0 bridgehead atoms. The van der Waals surface area contributed by atoms with Crippen LogP contribution in [0.4, 0.5) is 5.69 Å². The summed E-state index contributed by atoms with van der Waals surface area (Å²) in [6, 6.07) is 19.0. The highest BCUT2D eigenvalue weighted by atomic mass is 35.5. The Morgan fingerprint density at radius 3 is 2.76 bits per heavy atom. The topological polar surface area (TPSA) is 107 Å². The number of carbonyl (C=O) groups is 1. The van der Waals surface area contributed by atoms with E-state index in [2.05, 4.69) is 15.5 Å². The van der Waals surface area contributed by atoms with E-state index in [1.54, 1.807) is 36.4 Å². The van der Waals surface area contributed by atoms with Gasteiger partial charge < -0.3 is 4.74 Å². The zero-order chi connectivity index (χ0) is 23.2. The lowest BCUT2D eigenvalue weighted by Crippen LogP contribution is -2.24. The Hall–Kier alpha value is -3.47. The SMILES string of the molecule is O=C(COc1ccc(Cl)cc1)NN=Cc1ccc(Sc2nc3ccccc3s2)c([N+](=O)[O-])c1. The van der Waals surface area contributed by atoms with Gasteiger partial charge in [0.05, 0.1) is 26.3 Å². The monoisotopic (exact) mass is 498 g/mol. The second kappa shape index (κ2) is 10.4. The van der Waals surface area contributed by atoms with E-state index in [0.717, 1.165) is 10.2 Å². The number of nitro benzene ring substituents is 1. The number of thiazole rings is 1. The van der Waals surface area contributed by atoms with Crippen LogP contribution in [-0.4, -0.2) is 28.6 Å².